The molecular formula is C12H24O2. The smallest absolute Gasteiger partial charge is 0.156 e. The highest BCUT2D eigenvalue weighted by Gasteiger charge is 2.03. The molecule has 0 fully saturated rings. The van der Waals surface area contributed by atoms with Crippen LogP contribution < -0.4 is 0 Å². The van der Waals surface area contributed by atoms with Crippen LogP contribution in [0, 0.1) is 0 Å². The third kappa shape index (κ3) is 7.10. The zero-order chi connectivity index (χ0) is 10.8. The van der Waals surface area contributed by atoms with Gasteiger partial charge in [-0.15, -0.1) is 0 Å². The molecule has 0 aromatic rings. The van der Waals surface area contributed by atoms with Crippen molar-refractivity contribution in [1.29, 1.82) is 0 Å². The van der Waals surface area contributed by atoms with E-state index < -0.39 is 0 Å². The normalized spacial score (nSPS) is 10.9. The molecular weight excluding hydrogens is 176 g/mol. The van der Waals surface area contributed by atoms with Crippen molar-refractivity contribution in [2.24, 2.45) is 0 Å². The van der Waals surface area contributed by atoms with Crippen LogP contribution >= 0.6 is 0 Å². The van der Waals surface area contributed by atoms with Crippen LogP contribution in [0.25, 0.3) is 0 Å². The molecule has 0 amide bonds. The van der Waals surface area contributed by atoms with Crippen LogP contribution in [-0.4, -0.2) is 20.5 Å². The highest BCUT2D eigenvalue weighted by molar-refractivity contribution is 4.91. The Kier molecular flexibility index (Phi) is 9.00. The fourth-order valence-corrected chi connectivity index (χ4v) is 1.37. The molecule has 0 bridgehead atoms. The number of unbranched alkanes of at least 4 members (excludes halogenated alkanes) is 2. The third-order valence-corrected chi connectivity index (χ3v) is 2.50. The SMILES string of the molecule is C=C(CC)CCCCCC(OC)OC. The molecule has 0 saturated carbocycles. The lowest BCUT2D eigenvalue weighted by molar-refractivity contribution is -0.107. The Balaban J connectivity index is 3.24. The Morgan fingerprint density at radius 1 is 1.14 bits per heavy atom. The van der Waals surface area contributed by atoms with Crippen LogP contribution in [0.5, 0.6) is 0 Å². The number of hydrogen-bond donors (Lipinski definition) is 0. The van der Waals surface area contributed by atoms with E-state index in [1.807, 2.05) is 0 Å². The van der Waals surface area contributed by atoms with E-state index in [1.54, 1.807) is 14.2 Å². The summed E-state index contributed by atoms with van der Waals surface area (Å²) in [6.07, 6.45) is 6.90. The number of rotatable bonds is 9. The fraction of sp³-hybridized carbons (Fsp3) is 0.833. The number of allylic oxidation sites excluding steroid dienone is 1. The molecule has 0 aliphatic rings. The first-order chi connectivity index (χ1) is 6.74. The maximum absolute atomic E-state index is 5.11. The van der Waals surface area contributed by atoms with Crippen molar-refractivity contribution in [2.45, 2.75) is 51.7 Å². The van der Waals surface area contributed by atoms with E-state index in [4.69, 9.17) is 9.47 Å². The molecule has 2 nitrogen and oxygen atoms in total. The number of ether oxygens (including phenoxy) is 2. The predicted octanol–water partition coefficient (Wildman–Crippen LogP) is 3.52. The molecule has 0 N–H and O–H groups in total. The molecule has 0 radical (unpaired) electrons. The fourth-order valence-electron chi connectivity index (χ4n) is 1.37. The average Bonchev–Trinajstić information content (AvgIpc) is 2.23. The minimum atomic E-state index is -0.0237. The molecule has 0 aromatic heterocycles. The van der Waals surface area contributed by atoms with Crippen LogP contribution in [0.15, 0.2) is 12.2 Å². The molecule has 0 aromatic carbocycles. The molecule has 14 heavy (non-hydrogen) atoms. The van der Waals surface area contributed by atoms with Crippen LogP contribution in [0.1, 0.15) is 45.4 Å². The summed E-state index contributed by atoms with van der Waals surface area (Å²) in [4.78, 5) is 0. The molecule has 2 heteroatoms. The van der Waals surface area contributed by atoms with Gasteiger partial charge in [-0.2, -0.15) is 0 Å². The summed E-state index contributed by atoms with van der Waals surface area (Å²) < 4.78 is 10.2. The standard InChI is InChI=1S/C12H24O2/c1-5-11(2)9-7-6-8-10-12(13-3)14-4/h12H,2,5-10H2,1,3-4H3. The van der Waals surface area contributed by atoms with E-state index >= 15 is 0 Å². The van der Waals surface area contributed by atoms with Crippen LogP contribution in [0.2, 0.25) is 0 Å². The van der Waals surface area contributed by atoms with E-state index in [9.17, 15) is 0 Å². The van der Waals surface area contributed by atoms with Crippen LogP contribution in [0.4, 0.5) is 0 Å². The predicted molar refractivity (Wildman–Crippen MR) is 60.3 cm³/mol. The monoisotopic (exact) mass is 200 g/mol. The average molecular weight is 200 g/mol. The van der Waals surface area contributed by atoms with Crippen molar-refractivity contribution in [3.05, 3.63) is 12.2 Å². The van der Waals surface area contributed by atoms with Gasteiger partial charge in [-0.05, 0) is 32.1 Å². The van der Waals surface area contributed by atoms with E-state index in [-0.39, 0.29) is 6.29 Å². The summed E-state index contributed by atoms with van der Waals surface area (Å²) >= 11 is 0. The molecule has 0 rings (SSSR count). The second-order valence-corrected chi connectivity index (χ2v) is 3.60. The quantitative estimate of drug-likeness (QED) is 0.322. The largest absolute Gasteiger partial charge is 0.356 e. The summed E-state index contributed by atoms with van der Waals surface area (Å²) in [5.74, 6) is 0. The Morgan fingerprint density at radius 2 is 1.79 bits per heavy atom. The topological polar surface area (TPSA) is 18.5 Å². The van der Waals surface area contributed by atoms with Gasteiger partial charge in [-0.25, -0.2) is 0 Å². The maximum Gasteiger partial charge on any atom is 0.156 e. The van der Waals surface area contributed by atoms with Gasteiger partial charge in [0.05, 0.1) is 0 Å². The van der Waals surface area contributed by atoms with Gasteiger partial charge in [0.25, 0.3) is 0 Å². The second-order valence-electron chi connectivity index (χ2n) is 3.60. The lowest BCUT2D eigenvalue weighted by atomic mass is 10.1. The zero-order valence-corrected chi connectivity index (χ0v) is 9.84. The van der Waals surface area contributed by atoms with E-state index in [0.29, 0.717) is 0 Å². The molecule has 0 aliphatic carbocycles. The maximum atomic E-state index is 5.11. The van der Waals surface area contributed by atoms with Crippen molar-refractivity contribution in [3.63, 3.8) is 0 Å². The molecule has 84 valence electrons. The van der Waals surface area contributed by atoms with E-state index in [0.717, 1.165) is 12.8 Å². The zero-order valence-electron chi connectivity index (χ0n) is 9.84. The highest BCUT2D eigenvalue weighted by atomic mass is 16.7. The summed E-state index contributed by atoms with van der Waals surface area (Å²) in [6, 6.07) is 0. The first-order valence-corrected chi connectivity index (χ1v) is 5.46. The first kappa shape index (κ1) is 13.7. The minimum Gasteiger partial charge on any atom is -0.356 e. The molecule has 0 heterocycles. The van der Waals surface area contributed by atoms with Gasteiger partial charge in [0.2, 0.25) is 0 Å². The molecule has 0 aliphatic heterocycles. The van der Waals surface area contributed by atoms with Gasteiger partial charge in [-0.3, -0.25) is 0 Å². The minimum absolute atomic E-state index is 0.0237. The van der Waals surface area contributed by atoms with Gasteiger partial charge in [0.1, 0.15) is 0 Å². The Morgan fingerprint density at radius 3 is 2.29 bits per heavy atom. The molecule has 0 spiro atoms. The second kappa shape index (κ2) is 9.22. The first-order valence-electron chi connectivity index (χ1n) is 5.46. The van der Waals surface area contributed by atoms with Gasteiger partial charge < -0.3 is 9.47 Å². The highest BCUT2D eigenvalue weighted by Crippen LogP contribution is 2.12. The summed E-state index contributed by atoms with van der Waals surface area (Å²) in [5.41, 5.74) is 1.36. The molecule has 0 atom stereocenters. The van der Waals surface area contributed by atoms with Crippen molar-refractivity contribution >= 4 is 0 Å². The van der Waals surface area contributed by atoms with Gasteiger partial charge in [-0.1, -0.05) is 25.5 Å². The van der Waals surface area contributed by atoms with Crippen molar-refractivity contribution in [1.82, 2.24) is 0 Å². The third-order valence-electron chi connectivity index (χ3n) is 2.50. The van der Waals surface area contributed by atoms with Crippen molar-refractivity contribution < 1.29 is 9.47 Å². The molecule has 0 saturated heterocycles. The van der Waals surface area contributed by atoms with Crippen LogP contribution in [-0.2, 0) is 9.47 Å². The molecule has 0 unspecified atom stereocenters. The summed E-state index contributed by atoms with van der Waals surface area (Å²) in [5, 5.41) is 0. The Bertz CT molecular complexity index is 139. The van der Waals surface area contributed by atoms with E-state index in [2.05, 4.69) is 13.5 Å². The van der Waals surface area contributed by atoms with Gasteiger partial charge in [0, 0.05) is 14.2 Å². The lowest BCUT2D eigenvalue weighted by Gasteiger charge is -2.12. The van der Waals surface area contributed by atoms with E-state index in [1.165, 1.54) is 31.3 Å². The van der Waals surface area contributed by atoms with Crippen molar-refractivity contribution in [3.8, 4) is 0 Å². The lowest BCUT2D eigenvalue weighted by Crippen LogP contribution is -2.12. The Labute approximate surface area is 88.3 Å². The van der Waals surface area contributed by atoms with Crippen molar-refractivity contribution in [2.75, 3.05) is 14.2 Å². The Hall–Kier alpha value is -0.340. The summed E-state index contributed by atoms with van der Waals surface area (Å²) in [7, 11) is 3.38. The van der Waals surface area contributed by atoms with Gasteiger partial charge >= 0.3 is 0 Å². The van der Waals surface area contributed by atoms with Gasteiger partial charge in [0.15, 0.2) is 6.29 Å². The van der Waals surface area contributed by atoms with Crippen LogP contribution in [0.3, 0.4) is 0 Å². The number of methoxy groups -OCH3 is 2. The number of hydrogen-bond acceptors (Lipinski definition) is 2. The summed E-state index contributed by atoms with van der Waals surface area (Å²) in [6.45, 7) is 6.15.